The van der Waals surface area contributed by atoms with E-state index in [4.69, 9.17) is 9.47 Å². The molecule has 1 aliphatic carbocycles. The van der Waals surface area contributed by atoms with Crippen molar-refractivity contribution in [2.75, 3.05) is 26.7 Å². The van der Waals surface area contributed by atoms with Gasteiger partial charge < -0.3 is 24.3 Å². The van der Waals surface area contributed by atoms with Crippen molar-refractivity contribution < 1.29 is 14.3 Å². The second-order valence-corrected chi connectivity index (χ2v) is 8.58. The van der Waals surface area contributed by atoms with Gasteiger partial charge in [0.2, 0.25) is 0 Å². The van der Waals surface area contributed by atoms with Gasteiger partial charge in [-0.15, -0.1) is 0 Å². The molecule has 1 aromatic carbocycles. The minimum atomic E-state index is -0.143. The van der Waals surface area contributed by atoms with E-state index in [1.807, 2.05) is 29.8 Å². The molecule has 1 saturated carbocycles. The van der Waals surface area contributed by atoms with Gasteiger partial charge in [0, 0.05) is 44.6 Å². The van der Waals surface area contributed by atoms with Crippen LogP contribution in [0.5, 0.6) is 11.5 Å². The Hall–Kier alpha value is -2.54. The van der Waals surface area contributed by atoms with Crippen LogP contribution in [0, 0.1) is 6.92 Å². The highest BCUT2D eigenvalue weighted by molar-refractivity contribution is 5.97. The number of amides is 1. The fourth-order valence-corrected chi connectivity index (χ4v) is 4.75. The van der Waals surface area contributed by atoms with Crippen LogP contribution in [0.25, 0.3) is 0 Å². The molecule has 7 nitrogen and oxygen atoms in total. The fourth-order valence-electron chi connectivity index (χ4n) is 4.75. The van der Waals surface area contributed by atoms with E-state index >= 15 is 0 Å². The maximum Gasteiger partial charge on any atom is 0.255 e. The van der Waals surface area contributed by atoms with Crippen molar-refractivity contribution in [1.82, 2.24) is 19.8 Å². The molecule has 0 bridgehead atoms. The van der Waals surface area contributed by atoms with Gasteiger partial charge in [0.15, 0.2) is 0 Å². The van der Waals surface area contributed by atoms with Crippen molar-refractivity contribution in [3.05, 3.63) is 42.0 Å². The molecule has 168 valence electrons. The number of likely N-dealkylation sites (tertiary alicyclic amines) is 1. The molecule has 1 amide bonds. The van der Waals surface area contributed by atoms with Crippen molar-refractivity contribution >= 4 is 5.91 Å². The summed E-state index contributed by atoms with van der Waals surface area (Å²) in [5.74, 6) is 2.08. The Labute approximate surface area is 184 Å². The van der Waals surface area contributed by atoms with Gasteiger partial charge >= 0.3 is 0 Å². The fraction of sp³-hybridized carbons (Fsp3) is 0.583. The van der Waals surface area contributed by atoms with Gasteiger partial charge in [-0.05, 0) is 50.8 Å². The summed E-state index contributed by atoms with van der Waals surface area (Å²) >= 11 is 0. The van der Waals surface area contributed by atoms with Crippen molar-refractivity contribution in [2.24, 2.45) is 0 Å². The lowest BCUT2D eigenvalue weighted by molar-refractivity contribution is 0.0749. The molecule has 31 heavy (non-hydrogen) atoms. The number of benzene rings is 1. The van der Waals surface area contributed by atoms with E-state index in [1.54, 1.807) is 19.4 Å². The Morgan fingerprint density at radius 2 is 1.97 bits per heavy atom. The Kier molecular flexibility index (Phi) is 7.12. The normalized spacial score (nSPS) is 18.3. The summed E-state index contributed by atoms with van der Waals surface area (Å²) in [6.07, 6.45) is 11.2. The maximum absolute atomic E-state index is 12.9. The van der Waals surface area contributed by atoms with Crippen LogP contribution in [0.2, 0.25) is 0 Å². The number of piperidine rings is 1. The molecule has 0 atom stereocenters. The monoisotopic (exact) mass is 426 g/mol. The van der Waals surface area contributed by atoms with Crippen LogP contribution in [0.1, 0.15) is 54.7 Å². The van der Waals surface area contributed by atoms with Gasteiger partial charge in [0.25, 0.3) is 5.91 Å². The number of aromatic nitrogens is 2. The molecule has 0 unspecified atom stereocenters. The average molecular weight is 427 g/mol. The van der Waals surface area contributed by atoms with E-state index in [2.05, 4.69) is 15.2 Å². The molecule has 2 heterocycles. The highest BCUT2D eigenvalue weighted by atomic mass is 16.5. The summed E-state index contributed by atoms with van der Waals surface area (Å²) in [5.41, 5.74) is 0.528. The first-order valence-electron chi connectivity index (χ1n) is 11.5. The smallest absolute Gasteiger partial charge is 0.255 e. The van der Waals surface area contributed by atoms with E-state index in [9.17, 15) is 4.79 Å². The molecule has 4 rings (SSSR count). The summed E-state index contributed by atoms with van der Waals surface area (Å²) in [6.45, 7) is 5.31. The molecule has 1 aliphatic heterocycles. The zero-order valence-corrected chi connectivity index (χ0v) is 18.7. The zero-order valence-electron chi connectivity index (χ0n) is 18.7. The largest absolute Gasteiger partial charge is 0.497 e. The van der Waals surface area contributed by atoms with Gasteiger partial charge in [-0.1, -0.05) is 12.8 Å². The number of carbonyl (C=O) groups excluding carboxylic acids is 1. The molecule has 0 spiro atoms. The lowest BCUT2D eigenvalue weighted by atomic mass is 10.0. The molecule has 1 saturated heterocycles. The molecular formula is C24H34N4O3. The lowest BCUT2D eigenvalue weighted by Gasteiger charge is -2.36. The molecule has 2 aromatic rings. The lowest BCUT2D eigenvalue weighted by Crippen LogP contribution is -2.43. The molecular weight excluding hydrogens is 392 g/mol. The van der Waals surface area contributed by atoms with Crippen LogP contribution in [0.3, 0.4) is 0 Å². The van der Waals surface area contributed by atoms with Gasteiger partial charge in [0.1, 0.15) is 23.4 Å². The standard InChI is InChI=1S/C24H34N4O3/c1-18-25-11-15-27(18)16-12-26-24(29)22-17-21(30-2)7-8-23(22)31-20-9-13-28(14-10-20)19-5-3-4-6-19/h7-8,11,15,17,19-20H,3-6,9-10,12-14,16H2,1-2H3,(H,26,29). The van der Waals surface area contributed by atoms with Crippen molar-refractivity contribution in [2.45, 2.75) is 64.1 Å². The number of nitrogens with one attached hydrogen (secondary N) is 1. The number of imidazole rings is 1. The summed E-state index contributed by atoms with van der Waals surface area (Å²) in [5, 5.41) is 3.01. The van der Waals surface area contributed by atoms with Gasteiger partial charge in [-0.25, -0.2) is 4.98 Å². The minimum absolute atomic E-state index is 0.143. The Morgan fingerprint density at radius 1 is 1.19 bits per heavy atom. The Balaban J connectivity index is 1.36. The molecule has 7 heteroatoms. The van der Waals surface area contributed by atoms with Gasteiger partial charge in [0.05, 0.1) is 12.7 Å². The van der Waals surface area contributed by atoms with Crippen LogP contribution >= 0.6 is 0 Å². The summed E-state index contributed by atoms with van der Waals surface area (Å²) in [7, 11) is 1.61. The third kappa shape index (κ3) is 5.39. The van der Waals surface area contributed by atoms with Crippen LogP contribution in [-0.4, -0.2) is 59.2 Å². The number of nitrogens with zero attached hydrogens (tertiary/aromatic N) is 3. The average Bonchev–Trinajstić information content (AvgIpc) is 3.47. The Bertz CT molecular complexity index is 867. The number of ether oxygens (including phenoxy) is 2. The van der Waals surface area contributed by atoms with Crippen molar-refractivity contribution in [1.29, 1.82) is 0 Å². The van der Waals surface area contributed by atoms with Crippen LogP contribution in [0.4, 0.5) is 0 Å². The van der Waals surface area contributed by atoms with Crippen LogP contribution in [0.15, 0.2) is 30.6 Å². The molecule has 0 radical (unpaired) electrons. The number of methoxy groups -OCH3 is 1. The molecule has 2 aliphatic rings. The number of rotatable bonds is 8. The van der Waals surface area contributed by atoms with Gasteiger partial charge in [-0.2, -0.15) is 0 Å². The van der Waals surface area contributed by atoms with Gasteiger partial charge in [-0.3, -0.25) is 4.79 Å². The number of carbonyl (C=O) groups is 1. The summed E-state index contributed by atoms with van der Waals surface area (Å²) in [4.78, 5) is 19.8. The summed E-state index contributed by atoms with van der Waals surface area (Å²) in [6, 6.07) is 6.24. The number of aryl methyl sites for hydroxylation is 1. The Morgan fingerprint density at radius 3 is 2.65 bits per heavy atom. The zero-order chi connectivity index (χ0) is 21.6. The van der Waals surface area contributed by atoms with E-state index in [0.717, 1.165) is 37.8 Å². The second-order valence-electron chi connectivity index (χ2n) is 8.58. The topological polar surface area (TPSA) is 68.6 Å². The van der Waals surface area contributed by atoms with Crippen LogP contribution < -0.4 is 14.8 Å². The third-order valence-electron chi connectivity index (χ3n) is 6.60. The first-order valence-corrected chi connectivity index (χ1v) is 11.5. The highest BCUT2D eigenvalue weighted by Crippen LogP contribution is 2.30. The van der Waals surface area contributed by atoms with Crippen LogP contribution in [-0.2, 0) is 6.54 Å². The van der Waals surface area contributed by atoms with E-state index in [1.165, 1.54) is 25.7 Å². The maximum atomic E-state index is 12.9. The van der Waals surface area contributed by atoms with E-state index in [0.29, 0.717) is 30.2 Å². The predicted octanol–water partition coefficient (Wildman–Crippen LogP) is 3.42. The van der Waals surface area contributed by atoms with Crippen molar-refractivity contribution in [3.63, 3.8) is 0 Å². The molecule has 1 aromatic heterocycles. The first-order chi connectivity index (χ1) is 15.1. The SMILES string of the molecule is COc1ccc(OC2CCN(C3CCCC3)CC2)c(C(=O)NCCn2ccnc2C)c1. The summed E-state index contributed by atoms with van der Waals surface area (Å²) < 4.78 is 13.7. The van der Waals surface area contributed by atoms with Crippen molar-refractivity contribution in [3.8, 4) is 11.5 Å². The molecule has 1 N–H and O–H groups in total. The number of hydrogen-bond donors (Lipinski definition) is 1. The third-order valence-corrected chi connectivity index (χ3v) is 6.60. The van der Waals surface area contributed by atoms with E-state index < -0.39 is 0 Å². The highest BCUT2D eigenvalue weighted by Gasteiger charge is 2.28. The van der Waals surface area contributed by atoms with E-state index in [-0.39, 0.29) is 12.0 Å². The first kappa shape index (κ1) is 21.7. The second kappa shape index (κ2) is 10.2. The number of hydrogen-bond acceptors (Lipinski definition) is 5. The minimum Gasteiger partial charge on any atom is -0.497 e. The predicted molar refractivity (Wildman–Crippen MR) is 120 cm³/mol. The quantitative estimate of drug-likeness (QED) is 0.701. The molecule has 2 fully saturated rings.